The van der Waals surface area contributed by atoms with Crippen LogP contribution in [-0.4, -0.2) is 69.8 Å². The number of nitrogens with one attached hydrogen (secondary N) is 2. The molecule has 1 aliphatic carbocycles. The van der Waals surface area contributed by atoms with E-state index >= 15 is 0 Å². The standard InChI is InChI=1S/C22H36N4O3/c1-26(2)21(27)17-24-22(25-20-11-6-7-12-20)23-13-8-14-28-15-16-29-18-19-9-4-3-5-10-19/h3-5,9-10,20H,6-8,11-18H2,1-2H3,(H2,23,24,25). The van der Waals surface area contributed by atoms with E-state index in [1.807, 2.05) is 18.2 Å². The highest BCUT2D eigenvalue weighted by Gasteiger charge is 2.16. The number of nitrogens with zero attached hydrogens (tertiary/aromatic N) is 2. The quantitative estimate of drug-likeness (QED) is 0.317. The Labute approximate surface area is 174 Å². The number of rotatable bonds is 12. The minimum Gasteiger partial charge on any atom is -0.379 e. The van der Waals surface area contributed by atoms with Crippen LogP contribution in [0.5, 0.6) is 0 Å². The van der Waals surface area contributed by atoms with E-state index in [9.17, 15) is 4.79 Å². The fraction of sp³-hybridized carbons (Fsp3) is 0.636. The van der Waals surface area contributed by atoms with E-state index in [2.05, 4.69) is 27.8 Å². The molecule has 0 atom stereocenters. The summed E-state index contributed by atoms with van der Waals surface area (Å²) in [6.45, 7) is 3.36. The van der Waals surface area contributed by atoms with Crippen LogP contribution in [0.4, 0.5) is 0 Å². The molecule has 0 saturated heterocycles. The van der Waals surface area contributed by atoms with Gasteiger partial charge in [0.05, 0.1) is 19.8 Å². The van der Waals surface area contributed by atoms with Crippen LogP contribution >= 0.6 is 0 Å². The van der Waals surface area contributed by atoms with E-state index < -0.39 is 0 Å². The Balaban J connectivity index is 1.56. The monoisotopic (exact) mass is 404 g/mol. The fourth-order valence-corrected chi connectivity index (χ4v) is 3.07. The number of benzene rings is 1. The molecule has 1 amide bonds. The lowest BCUT2D eigenvalue weighted by molar-refractivity contribution is -0.127. The Bertz CT molecular complexity index is 601. The molecule has 0 bridgehead atoms. The third-order valence-electron chi connectivity index (χ3n) is 4.81. The topological polar surface area (TPSA) is 75.2 Å². The second-order valence-corrected chi connectivity index (χ2v) is 7.51. The maximum absolute atomic E-state index is 11.8. The summed E-state index contributed by atoms with van der Waals surface area (Å²) in [4.78, 5) is 17.8. The summed E-state index contributed by atoms with van der Waals surface area (Å²) in [5.41, 5.74) is 1.17. The van der Waals surface area contributed by atoms with Crippen molar-refractivity contribution in [2.75, 3.05) is 47.0 Å². The average molecular weight is 405 g/mol. The molecule has 7 heteroatoms. The summed E-state index contributed by atoms with van der Waals surface area (Å²) in [5.74, 6) is 0.717. The number of carbonyl (C=O) groups is 1. The van der Waals surface area contributed by atoms with Crippen molar-refractivity contribution in [1.29, 1.82) is 0 Å². The largest absolute Gasteiger partial charge is 0.379 e. The molecule has 0 aliphatic heterocycles. The molecule has 1 aromatic rings. The SMILES string of the molecule is CN(C)C(=O)CN=C(NCCCOCCOCc1ccccc1)NC1CCCC1. The van der Waals surface area contributed by atoms with Crippen molar-refractivity contribution in [3.63, 3.8) is 0 Å². The predicted octanol–water partition coefficient (Wildman–Crippen LogP) is 2.18. The molecule has 7 nitrogen and oxygen atoms in total. The van der Waals surface area contributed by atoms with Gasteiger partial charge >= 0.3 is 0 Å². The molecule has 0 aromatic heterocycles. The molecular weight excluding hydrogens is 368 g/mol. The van der Waals surface area contributed by atoms with Crippen molar-refractivity contribution in [2.45, 2.75) is 44.8 Å². The van der Waals surface area contributed by atoms with Crippen LogP contribution in [0, 0.1) is 0 Å². The maximum Gasteiger partial charge on any atom is 0.243 e. The number of carbonyl (C=O) groups excluding carboxylic acids is 1. The van der Waals surface area contributed by atoms with Crippen LogP contribution in [0.3, 0.4) is 0 Å². The van der Waals surface area contributed by atoms with Gasteiger partial charge in [0.25, 0.3) is 0 Å². The zero-order valence-corrected chi connectivity index (χ0v) is 17.9. The molecule has 2 N–H and O–H groups in total. The molecule has 1 saturated carbocycles. The Morgan fingerprint density at radius 3 is 2.55 bits per heavy atom. The van der Waals surface area contributed by atoms with E-state index in [0.29, 0.717) is 32.5 Å². The van der Waals surface area contributed by atoms with Gasteiger partial charge in [-0.15, -0.1) is 0 Å². The normalized spacial score (nSPS) is 14.8. The first-order chi connectivity index (χ1) is 14.1. The van der Waals surface area contributed by atoms with Gasteiger partial charge in [-0.25, -0.2) is 4.99 Å². The van der Waals surface area contributed by atoms with Crippen LogP contribution in [0.1, 0.15) is 37.7 Å². The van der Waals surface area contributed by atoms with E-state index in [1.54, 1.807) is 19.0 Å². The Kier molecular flexibility index (Phi) is 11.1. The summed E-state index contributed by atoms with van der Waals surface area (Å²) in [7, 11) is 3.49. The van der Waals surface area contributed by atoms with Gasteiger partial charge in [-0.2, -0.15) is 0 Å². The van der Waals surface area contributed by atoms with Crippen LogP contribution < -0.4 is 10.6 Å². The predicted molar refractivity (Wildman–Crippen MR) is 116 cm³/mol. The number of likely N-dealkylation sites (N-methyl/N-ethyl adjacent to an activating group) is 1. The van der Waals surface area contributed by atoms with Crippen LogP contribution in [0.15, 0.2) is 35.3 Å². The van der Waals surface area contributed by atoms with Crippen molar-refractivity contribution < 1.29 is 14.3 Å². The van der Waals surface area contributed by atoms with Gasteiger partial charge in [0.2, 0.25) is 5.91 Å². The summed E-state index contributed by atoms with van der Waals surface area (Å²) in [6, 6.07) is 10.6. The van der Waals surface area contributed by atoms with Crippen LogP contribution in [0.25, 0.3) is 0 Å². The number of amides is 1. The van der Waals surface area contributed by atoms with Crippen molar-refractivity contribution in [3.05, 3.63) is 35.9 Å². The molecule has 29 heavy (non-hydrogen) atoms. The number of aliphatic imine (C=N–C) groups is 1. The fourth-order valence-electron chi connectivity index (χ4n) is 3.07. The highest BCUT2D eigenvalue weighted by molar-refractivity contribution is 5.84. The summed E-state index contributed by atoms with van der Waals surface area (Å²) < 4.78 is 11.2. The molecule has 162 valence electrons. The third-order valence-corrected chi connectivity index (χ3v) is 4.81. The van der Waals surface area contributed by atoms with Crippen molar-refractivity contribution in [3.8, 4) is 0 Å². The smallest absolute Gasteiger partial charge is 0.243 e. The lowest BCUT2D eigenvalue weighted by Crippen LogP contribution is -2.43. The third kappa shape index (κ3) is 10.3. The molecule has 2 rings (SSSR count). The van der Waals surface area contributed by atoms with Crippen molar-refractivity contribution in [2.24, 2.45) is 4.99 Å². The summed E-state index contributed by atoms with van der Waals surface area (Å²) in [6.07, 6.45) is 5.69. The van der Waals surface area contributed by atoms with Crippen molar-refractivity contribution >= 4 is 11.9 Å². The van der Waals surface area contributed by atoms with Gasteiger partial charge in [0.15, 0.2) is 5.96 Å². The van der Waals surface area contributed by atoms with Gasteiger partial charge in [-0.3, -0.25) is 4.79 Å². The van der Waals surface area contributed by atoms with E-state index in [0.717, 1.165) is 31.8 Å². The second-order valence-electron chi connectivity index (χ2n) is 7.51. The highest BCUT2D eigenvalue weighted by atomic mass is 16.5. The average Bonchev–Trinajstić information content (AvgIpc) is 3.24. The van der Waals surface area contributed by atoms with Crippen molar-refractivity contribution in [1.82, 2.24) is 15.5 Å². The van der Waals surface area contributed by atoms with Gasteiger partial charge in [0.1, 0.15) is 6.54 Å². The molecule has 0 radical (unpaired) electrons. The summed E-state index contributed by atoms with van der Waals surface area (Å²) >= 11 is 0. The minimum atomic E-state index is -0.00337. The second kappa shape index (κ2) is 14.0. The van der Waals surface area contributed by atoms with Gasteiger partial charge in [0, 0.05) is 33.3 Å². The number of hydrogen-bond donors (Lipinski definition) is 2. The Hall–Kier alpha value is -2.12. The first kappa shape index (κ1) is 23.2. The number of guanidine groups is 1. The van der Waals surface area contributed by atoms with E-state index in [1.165, 1.54) is 18.4 Å². The first-order valence-electron chi connectivity index (χ1n) is 10.6. The summed E-state index contributed by atoms with van der Waals surface area (Å²) in [5, 5.41) is 6.77. The zero-order chi connectivity index (χ0) is 20.7. The molecule has 0 spiro atoms. The number of hydrogen-bond acceptors (Lipinski definition) is 4. The highest BCUT2D eigenvalue weighted by Crippen LogP contribution is 2.17. The van der Waals surface area contributed by atoms with Gasteiger partial charge < -0.3 is 25.0 Å². The van der Waals surface area contributed by atoms with Gasteiger partial charge in [-0.05, 0) is 24.8 Å². The molecule has 0 unspecified atom stereocenters. The van der Waals surface area contributed by atoms with E-state index in [-0.39, 0.29) is 12.5 Å². The van der Waals surface area contributed by atoms with Gasteiger partial charge in [-0.1, -0.05) is 43.2 Å². The lowest BCUT2D eigenvalue weighted by atomic mass is 10.2. The van der Waals surface area contributed by atoms with Crippen LogP contribution in [0.2, 0.25) is 0 Å². The minimum absolute atomic E-state index is 0.00337. The van der Waals surface area contributed by atoms with Crippen LogP contribution in [-0.2, 0) is 20.9 Å². The Morgan fingerprint density at radius 1 is 1.10 bits per heavy atom. The Morgan fingerprint density at radius 2 is 1.83 bits per heavy atom. The molecular formula is C22H36N4O3. The van der Waals surface area contributed by atoms with E-state index in [4.69, 9.17) is 9.47 Å². The first-order valence-corrected chi connectivity index (χ1v) is 10.6. The molecule has 0 heterocycles. The molecule has 1 aromatic carbocycles. The zero-order valence-electron chi connectivity index (χ0n) is 17.9. The number of ether oxygens (including phenoxy) is 2. The molecule has 1 aliphatic rings. The molecule has 1 fully saturated rings. The maximum atomic E-state index is 11.8. The lowest BCUT2D eigenvalue weighted by Gasteiger charge is -2.18.